The molecule has 1 unspecified atom stereocenters. The molecule has 35 heavy (non-hydrogen) atoms. The highest BCUT2D eigenvalue weighted by atomic mass is 16.6. The van der Waals surface area contributed by atoms with Gasteiger partial charge in [-0.2, -0.15) is 0 Å². The predicted octanol–water partition coefficient (Wildman–Crippen LogP) is 3.73. The molecule has 1 aromatic heterocycles. The Bertz CT molecular complexity index is 1260. The molecule has 2 aromatic carbocycles. The minimum atomic E-state index is -0.0972. The van der Waals surface area contributed by atoms with Gasteiger partial charge >= 0.3 is 0 Å². The van der Waals surface area contributed by atoms with Crippen molar-refractivity contribution in [3.05, 3.63) is 48.3 Å². The van der Waals surface area contributed by atoms with E-state index in [0.717, 1.165) is 48.5 Å². The first-order chi connectivity index (χ1) is 17.2. The number of carbonyl (C=O) groups excluding carboxylic acids is 2. The summed E-state index contributed by atoms with van der Waals surface area (Å²) in [5, 5.41) is 0. The van der Waals surface area contributed by atoms with Gasteiger partial charge in [0.2, 0.25) is 11.8 Å². The molecule has 182 valence electrons. The van der Waals surface area contributed by atoms with Gasteiger partial charge in [0.25, 0.3) is 0 Å². The van der Waals surface area contributed by atoms with Crippen LogP contribution in [-0.4, -0.2) is 59.1 Å². The van der Waals surface area contributed by atoms with Crippen molar-refractivity contribution in [3.63, 3.8) is 0 Å². The molecule has 2 saturated heterocycles. The van der Waals surface area contributed by atoms with Crippen molar-refractivity contribution in [1.29, 1.82) is 0 Å². The summed E-state index contributed by atoms with van der Waals surface area (Å²) in [6.07, 6.45) is 4.84. The fraction of sp³-hybridized carbons (Fsp3) is 0.444. The smallest absolute Gasteiger partial charge is 0.242 e. The third-order valence-corrected chi connectivity index (χ3v) is 7.26. The average molecular weight is 475 g/mol. The van der Waals surface area contributed by atoms with Crippen LogP contribution >= 0.6 is 0 Å². The zero-order valence-electron chi connectivity index (χ0n) is 19.8. The molecule has 0 saturated carbocycles. The van der Waals surface area contributed by atoms with Crippen molar-refractivity contribution in [2.75, 3.05) is 37.7 Å². The van der Waals surface area contributed by atoms with Gasteiger partial charge in [-0.05, 0) is 37.1 Å². The Balaban J connectivity index is 1.29. The Labute approximate surface area is 204 Å². The lowest BCUT2D eigenvalue weighted by molar-refractivity contribution is -0.131. The molecule has 1 atom stereocenters. The first kappa shape index (κ1) is 21.9. The van der Waals surface area contributed by atoms with Crippen LogP contribution in [0.1, 0.15) is 43.8 Å². The molecule has 8 nitrogen and oxygen atoms in total. The first-order valence-corrected chi connectivity index (χ1v) is 12.6. The Morgan fingerprint density at radius 2 is 1.74 bits per heavy atom. The largest absolute Gasteiger partial charge is 0.486 e. The number of para-hydroxylation sites is 2. The van der Waals surface area contributed by atoms with Crippen molar-refractivity contribution in [2.24, 2.45) is 0 Å². The summed E-state index contributed by atoms with van der Waals surface area (Å²) >= 11 is 0. The van der Waals surface area contributed by atoms with Crippen LogP contribution in [0.3, 0.4) is 0 Å². The number of carbonyl (C=O) groups is 2. The number of benzene rings is 2. The molecule has 0 bridgehead atoms. The maximum Gasteiger partial charge on any atom is 0.242 e. The number of imidazole rings is 1. The molecule has 2 fully saturated rings. The van der Waals surface area contributed by atoms with Gasteiger partial charge in [-0.1, -0.05) is 25.0 Å². The molecule has 6 rings (SSSR count). The Morgan fingerprint density at radius 1 is 0.971 bits per heavy atom. The van der Waals surface area contributed by atoms with E-state index in [9.17, 15) is 9.59 Å². The molecule has 0 spiro atoms. The molecule has 3 aliphatic heterocycles. The van der Waals surface area contributed by atoms with Crippen LogP contribution in [0, 0.1) is 0 Å². The number of anilines is 1. The van der Waals surface area contributed by atoms with Gasteiger partial charge in [0.1, 0.15) is 25.6 Å². The second kappa shape index (κ2) is 9.24. The maximum absolute atomic E-state index is 13.3. The van der Waals surface area contributed by atoms with Gasteiger partial charge in [0.05, 0.1) is 11.0 Å². The van der Waals surface area contributed by atoms with E-state index in [1.165, 1.54) is 12.8 Å². The van der Waals surface area contributed by atoms with Crippen molar-refractivity contribution in [3.8, 4) is 11.5 Å². The normalized spacial score (nSPS) is 20.3. The van der Waals surface area contributed by atoms with Crippen LogP contribution in [0.4, 0.5) is 5.69 Å². The van der Waals surface area contributed by atoms with Crippen molar-refractivity contribution in [1.82, 2.24) is 14.5 Å². The number of hydrogen-bond acceptors (Lipinski definition) is 5. The lowest BCUT2D eigenvalue weighted by Crippen LogP contribution is -2.35. The number of rotatable bonds is 4. The van der Waals surface area contributed by atoms with Gasteiger partial charge in [-0.15, -0.1) is 0 Å². The van der Waals surface area contributed by atoms with Crippen LogP contribution in [0.2, 0.25) is 0 Å². The van der Waals surface area contributed by atoms with Gasteiger partial charge in [0.15, 0.2) is 11.5 Å². The van der Waals surface area contributed by atoms with Gasteiger partial charge in [0, 0.05) is 43.7 Å². The van der Waals surface area contributed by atoms with E-state index in [0.29, 0.717) is 37.7 Å². The van der Waals surface area contributed by atoms with E-state index < -0.39 is 0 Å². The van der Waals surface area contributed by atoms with Crippen LogP contribution in [0.5, 0.6) is 11.5 Å². The third kappa shape index (κ3) is 4.22. The van der Waals surface area contributed by atoms with Gasteiger partial charge in [-0.25, -0.2) is 4.98 Å². The lowest BCUT2D eigenvalue weighted by atomic mass is 10.1. The summed E-state index contributed by atoms with van der Waals surface area (Å²) in [6, 6.07) is 13.6. The average Bonchev–Trinajstić information content (AvgIpc) is 3.31. The van der Waals surface area contributed by atoms with E-state index in [1.807, 2.05) is 51.9 Å². The minimum Gasteiger partial charge on any atom is -0.486 e. The second-order valence-electron chi connectivity index (χ2n) is 9.57. The number of hydrogen-bond donors (Lipinski definition) is 0. The fourth-order valence-electron chi connectivity index (χ4n) is 5.46. The third-order valence-electron chi connectivity index (χ3n) is 7.26. The Kier molecular flexibility index (Phi) is 5.80. The highest BCUT2D eigenvalue weighted by Crippen LogP contribution is 2.38. The number of amides is 2. The molecule has 8 heteroatoms. The summed E-state index contributed by atoms with van der Waals surface area (Å²) in [4.78, 5) is 35.1. The number of ether oxygens (including phenoxy) is 2. The quantitative estimate of drug-likeness (QED) is 0.576. The minimum absolute atomic E-state index is 0.0455. The SMILES string of the molecule is O=C(Cn1c(C2CC(=O)N(c3ccc4c(c3)OCCO4)C2)nc2ccccc21)N1CCCCCC1. The van der Waals surface area contributed by atoms with Crippen LogP contribution in [-0.2, 0) is 16.1 Å². The molecule has 3 aromatic rings. The number of fused-ring (bicyclic) bond motifs is 2. The predicted molar refractivity (Wildman–Crippen MR) is 132 cm³/mol. The first-order valence-electron chi connectivity index (χ1n) is 12.6. The summed E-state index contributed by atoms with van der Waals surface area (Å²) < 4.78 is 13.4. The van der Waals surface area contributed by atoms with Crippen LogP contribution in [0.15, 0.2) is 42.5 Å². The molecule has 0 aliphatic carbocycles. The molecular formula is C27H30N4O4. The molecular weight excluding hydrogens is 444 g/mol. The number of likely N-dealkylation sites (tertiary alicyclic amines) is 1. The zero-order chi connectivity index (χ0) is 23.8. The monoisotopic (exact) mass is 474 g/mol. The van der Waals surface area contributed by atoms with Crippen molar-refractivity contribution in [2.45, 2.75) is 44.6 Å². The maximum atomic E-state index is 13.3. The van der Waals surface area contributed by atoms with Gasteiger partial charge < -0.3 is 23.8 Å². The second-order valence-corrected chi connectivity index (χ2v) is 9.57. The number of nitrogens with zero attached hydrogens (tertiary/aromatic N) is 4. The van der Waals surface area contributed by atoms with Crippen molar-refractivity contribution < 1.29 is 19.1 Å². The fourth-order valence-corrected chi connectivity index (χ4v) is 5.46. The molecule has 2 amide bonds. The topological polar surface area (TPSA) is 76.9 Å². The summed E-state index contributed by atoms with van der Waals surface area (Å²) in [5.41, 5.74) is 2.59. The van der Waals surface area contributed by atoms with E-state index in [1.54, 1.807) is 4.90 Å². The van der Waals surface area contributed by atoms with Gasteiger partial charge in [-0.3, -0.25) is 9.59 Å². The van der Waals surface area contributed by atoms with Crippen LogP contribution < -0.4 is 14.4 Å². The molecule has 3 aliphatic rings. The molecule has 0 N–H and O–H groups in total. The van der Waals surface area contributed by atoms with E-state index >= 15 is 0 Å². The van der Waals surface area contributed by atoms with Crippen LogP contribution in [0.25, 0.3) is 11.0 Å². The highest BCUT2D eigenvalue weighted by Gasteiger charge is 2.36. The summed E-state index contributed by atoms with van der Waals surface area (Å²) in [6.45, 7) is 3.44. The zero-order valence-corrected chi connectivity index (χ0v) is 19.8. The molecule has 0 radical (unpaired) electrons. The standard InChI is InChI=1S/C27H30N4O4/c32-25-15-19(17-30(25)20-9-10-23-24(16-20)35-14-13-34-23)27-28-21-7-3-4-8-22(21)31(27)18-26(33)29-11-5-1-2-6-12-29/h3-4,7-10,16,19H,1-2,5-6,11-15,17-18H2. The lowest BCUT2D eigenvalue weighted by Gasteiger charge is -2.23. The van der Waals surface area contributed by atoms with Crippen molar-refractivity contribution >= 4 is 28.5 Å². The van der Waals surface area contributed by atoms with E-state index in [2.05, 4.69) is 0 Å². The Hall–Kier alpha value is -3.55. The Morgan fingerprint density at radius 3 is 2.57 bits per heavy atom. The van der Waals surface area contributed by atoms with E-state index in [-0.39, 0.29) is 24.3 Å². The summed E-state index contributed by atoms with van der Waals surface area (Å²) in [5.74, 6) is 2.26. The highest BCUT2D eigenvalue weighted by molar-refractivity contribution is 5.97. The van der Waals surface area contributed by atoms with E-state index in [4.69, 9.17) is 14.5 Å². The number of aromatic nitrogens is 2. The molecule has 4 heterocycles. The summed E-state index contributed by atoms with van der Waals surface area (Å²) in [7, 11) is 0.